The molecular formula is C16H30O4. The van der Waals surface area contributed by atoms with Crippen LogP contribution >= 0.6 is 0 Å². The summed E-state index contributed by atoms with van der Waals surface area (Å²) in [5.41, 5.74) is -0.533. The van der Waals surface area contributed by atoms with E-state index in [1.54, 1.807) is 6.92 Å². The highest BCUT2D eigenvalue weighted by molar-refractivity contribution is 5.82. The van der Waals surface area contributed by atoms with Gasteiger partial charge >= 0.3 is 11.9 Å². The Morgan fingerprint density at radius 2 is 1.60 bits per heavy atom. The lowest BCUT2D eigenvalue weighted by atomic mass is 9.86. The first-order valence-corrected chi connectivity index (χ1v) is 7.66. The second-order valence-electron chi connectivity index (χ2n) is 6.05. The third-order valence-corrected chi connectivity index (χ3v) is 3.09. The average Bonchev–Trinajstić information content (AvgIpc) is 2.32. The first kappa shape index (κ1) is 18.9. The summed E-state index contributed by atoms with van der Waals surface area (Å²) in [7, 11) is 0. The zero-order chi connectivity index (χ0) is 15.8. The van der Waals surface area contributed by atoms with E-state index in [1.165, 1.54) is 0 Å². The van der Waals surface area contributed by atoms with Crippen LogP contribution in [-0.2, 0) is 19.1 Å². The minimum absolute atomic E-state index is 0.286. The van der Waals surface area contributed by atoms with Crippen molar-refractivity contribution >= 4 is 11.9 Å². The topological polar surface area (TPSA) is 52.6 Å². The maximum absolute atomic E-state index is 12.3. The summed E-state index contributed by atoms with van der Waals surface area (Å²) >= 11 is 0. The van der Waals surface area contributed by atoms with Crippen LogP contribution in [0.15, 0.2) is 0 Å². The van der Waals surface area contributed by atoms with Crippen LogP contribution in [0.4, 0.5) is 0 Å². The van der Waals surface area contributed by atoms with Crippen molar-refractivity contribution in [1.82, 2.24) is 0 Å². The van der Waals surface area contributed by atoms with E-state index in [2.05, 4.69) is 6.92 Å². The Labute approximate surface area is 123 Å². The normalized spacial score (nSPS) is 14.5. The van der Waals surface area contributed by atoms with E-state index in [9.17, 15) is 9.59 Å². The van der Waals surface area contributed by atoms with Crippen molar-refractivity contribution in [3.05, 3.63) is 0 Å². The van der Waals surface area contributed by atoms with Crippen molar-refractivity contribution < 1.29 is 19.1 Å². The van der Waals surface area contributed by atoms with Gasteiger partial charge in [-0.1, -0.05) is 26.7 Å². The molecule has 20 heavy (non-hydrogen) atoms. The lowest BCUT2D eigenvalue weighted by Gasteiger charge is -2.27. The van der Waals surface area contributed by atoms with E-state index < -0.39 is 17.4 Å². The van der Waals surface area contributed by atoms with Crippen molar-refractivity contribution in [1.29, 1.82) is 0 Å². The van der Waals surface area contributed by atoms with Crippen LogP contribution in [-0.4, -0.2) is 24.1 Å². The van der Waals surface area contributed by atoms with E-state index in [0.717, 1.165) is 12.8 Å². The van der Waals surface area contributed by atoms with Gasteiger partial charge in [-0.05, 0) is 40.5 Å². The summed E-state index contributed by atoms with van der Waals surface area (Å²) in [5.74, 6) is -1.39. The predicted molar refractivity (Wildman–Crippen MR) is 79.3 cm³/mol. The molecule has 0 fully saturated rings. The second kappa shape index (κ2) is 8.98. The van der Waals surface area contributed by atoms with Crippen LogP contribution in [0.3, 0.4) is 0 Å². The predicted octanol–water partition coefficient (Wildman–Crippen LogP) is 3.72. The number of unbranched alkanes of at least 4 members (excludes halogenated alkanes) is 1. The number of carbonyl (C=O) groups is 2. The lowest BCUT2D eigenvalue weighted by Crippen LogP contribution is -2.36. The fraction of sp³-hybridized carbons (Fsp3) is 0.875. The van der Waals surface area contributed by atoms with Crippen LogP contribution in [0.5, 0.6) is 0 Å². The molecule has 0 N–H and O–H groups in total. The molecule has 0 aromatic heterocycles. The van der Waals surface area contributed by atoms with E-state index in [-0.39, 0.29) is 11.9 Å². The highest BCUT2D eigenvalue weighted by atomic mass is 16.6. The molecular weight excluding hydrogens is 256 g/mol. The molecule has 0 bridgehead atoms. The average molecular weight is 286 g/mol. The molecule has 0 aromatic rings. The zero-order valence-electron chi connectivity index (χ0n) is 13.8. The molecule has 4 nitrogen and oxygen atoms in total. The molecule has 0 aliphatic heterocycles. The maximum atomic E-state index is 12.3. The molecule has 0 aliphatic carbocycles. The standard InChI is InChI=1S/C16H30O4/c1-7-10-11-13(15(18)20-16(4,5)6)12(8-2)14(17)19-9-3/h12-13H,7-11H2,1-6H3. The highest BCUT2D eigenvalue weighted by Gasteiger charge is 2.35. The van der Waals surface area contributed by atoms with Crippen LogP contribution in [0.1, 0.15) is 67.2 Å². The Balaban J connectivity index is 4.99. The number of hydrogen-bond donors (Lipinski definition) is 0. The van der Waals surface area contributed by atoms with Gasteiger partial charge in [-0.2, -0.15) is 0 Å². The summed E-state index contributed by atoms with van der Waals surface area (Å²) in [6.45, 7) is 11.6. The first-order valence-electron chi connectivity index (χ1n) is 7.66. The van der Waals surface area contributed by atoms with Gasteiger partial charge in [-0.25, -0.2) is 0 Å². The molecule has 0 aromatic carbocycles. The SMILES string of the molecule is CCCCC(C(=O)OC(C)(C)C)C(CC)C(=O)OCC. The second-order valence-corrected chi connectivity index (χ2v) is 6.05. The van der Waals surface area contributed by atoms with Gasteiger partial charge in [0.1, 0.15) is 5.60 Å². The van der Waals surface area contributed by atoms with Gasteiger partial charge in [0.05, 0.1) is 18.4 Å². The smallest absolute Gasteiger partial charge is 0.310 e. The van der Waals surface area contributed by atoms with Gasteiger partial charge in [0.15, 0.2) is 0 Å². The largest absolute Gasteiger partial charge is 0.466 e. The summed E-state index contributed by atoms with van der Waals surface area (Å²) in [6, 6.07) is 0. The monoisotopic (exact) mass is 286 g/mol. The minimum atomic E-state index is -0.533. The van der Waals surface area contributed by atoms with Gasteiger partial charge in [-0.3, -0.25) is 9.59 Å². The van der Waals surface area contributed by atoms with Gasteiger partial charge in [-0.15, -0.1) is 0 Å². The molecule has 0 spiro atoms. The highest BCUT2D eigenvalue weighted by Crippen LogP contribution is 2.26. The Hall–Kier alpha value is -1.06. The third kappa shape index (κ3) is 6.92. The van der Waals surface area contributed by atoms with Gasteiger partial charge in [0.2, 0.25) is 0 Å². The van der Waals surface area contributed by atoms with E-state index in [0.29, 0.717) is 19.4 Å². The molecule has 2 atom stereocenters. The molecule has 0 rings (SSSR count). The van der Waals surface area contributed by atoms with Crippen LogP contribution in [0.25, 0.3) is 0 Å². The Morgan fingerprint density at radius 3 is 2.00 bits per heavy atom. The lowest BCUT2D eigenvalue weighted by molar-refractivity contribution is -0.168. The van der Waals surface area contributed by atoms with Crippen LogP contribution < -0.4 is 0 Å². The summed E-state index contributed by atoms with van der Waals surface area (Å²) in [6.07, 6.45) is 3.15. The molecule has 118 valence electrons. The fourth-order valence-electron chi connectivity index (χ4n) is 2.15. The molecule has 0 aliphatic rings. The molecule has 0 saturated carbocycles. The third-order valence-electron chi connectivity index (χ3n) is 3.09. The molecule has 2 unspecified atom stereocenters. The zero-order valence-corrected chi connectivity index (χ0v) is 13.8. The molecule has 4 heteroatoms. The number of ether oxygens (including phenoxy) is 2. The summed E-state index contributed by atoms with van der Waals surface area (Å²) in [5, 5.41) is 0. The van der Waals surface area contributed by atoms with Gasteiger partial charge in [0.25, 0.3) is 0 Å². The minimum Gasteiger partial charge on any atom is -0.466 e. The molecule has 0 radical (unpaired) electrons. The van der Waals surface area contributed by atoms with Gasteiger partial charge < -0.3 is 9.47 Å². The van der Waals surface area contributed by atoms with Crippen LogP contribution in [0, 0.1) is 11.8 Å². The van der Waals surface area contributed by atoms with Crippen LogP contribution in [0.2, 0.25) is 0 Å². The molecule has 0 saturated heterocycles. The number of esters is 2. The molecule has 0 amide bonds. The number of rotatable bonds is 8. The summed E-state index contributed by atoms with van der Waals surface area (Å²) < 4.78 is 10.6. The fourth-order valence-corrected chi connectivity index (χ4v) is 2.15. The Morgan fingerprint density at radius 1 is 1.00 bits per heavy atom. The Kier molecular flexibility index (Phi) is 8.51. The van der Waals surface area contributed by atoms with Crippen molar-refractivity contribution in [3.63, 3.8) is 0 Å². The summed E-state index contributed by atoms with van der Waals surface area (Å²) in [4.78, 5) is 24.4. The van der Waals surface area contributed by atoms with E-state index in [1.807, 2.05) is 27.7 Å². The number of carbonyl (C=O) groups excluding carboxylic acids is 2. The maximum Gasteiger partial charge on any atom is 0.310 e. The van der Waals surface area contributed by atoms with Gasteiger partial charge in [0, 0.05) is 0 Å². The van der Waals surface area contributed by atoms with Crippen molar-refractivity contribution in [2.75, 3.05) is 6.61 Å². The molecule has 0 heterocycles. The van der Waals surface area contributed by atoms with E-state index >= 15 is 0 Å². The quantitative estimate of drug-likeness (QED) is 0.638. The first-order chi connectivity index (χ1) is 9.26. The Bertz CT molecular complexity index is 304. The van der Waals surface area contributed by atoms with Crippen molar-refractivity contribution in [3.8, 4) is 0 Å². The van der Waals surface area contributed by atoms with Crippen molar-refractivity contribution in [2.24, 2.45) is 11.8 Å². The van der Waals surface area contributed by atoms with Crippen molar-refractivity contribution in [2.45, 2.75) is 72.8 Å². The van der Waals surface area contributed by atoms with E-state index in [4.69, 9.17) is 9.47 Å². The number of hydrogen-bond acceptors (Lipinski definition) is 4.